The maximum atomic E-state index is 12.9. The zero-order valence-electron chi connectivity index (χ0n) is 55.7. The molecule has 484 valence electrons. The molecule has 0 fully saturated rings. The summed E-state index contributed by atoms with van der Waals surface area (Å²) in [6.45, 7) is 6.55. The van der Waals surface area contributed by atoms with Crippen molar-refractivity contribution in [1.29, 1.82) is 0 Å². The summed E-state index contributed by atoms with van der Waals surface area (Å²) in [6, 6.07) is 0. The minimum Gasteiger partial charge on any atom is -0.462 e. The third kappa shape index (κ3) is 69.8. The van der Waals surface area contributed by atoms with Gasteiger partial charge < -0.3 is 14.2 Å². The van der Waals surface area contributed by atoms with E-state index in [1.807, 2.05) is 0 Å². The standard InChI is InChI=1S/C77H140O6/c1-4-7-10-13-16-19-22-24-26-28-30-31-32-33-34-35-36-37-38-39-40-41-42-43-44-45-47-48-50-52-55-58-61-64-67-70-76(79)82-73-74(72-81-75(78)69-66-63-60-57-54-21-18-15-12-9-6-3)83-77(80)71-68-65-62-59-56-53-51-49-46-29-27-25-23-20-17-14-11-8-5-2/h8,11,17,20,25,27,46,49,53,56,74H,4-7,9-10,12-16,18-19,21-24,26,28-45,47-48,50-52,54-55,57-73H2,1-3H3/b11-8-,20-17-,27-25-,49-46-,56-53-. The van der Waals surface area contributed by atoms with Crippen LogP contribution in [0.3, 0.4) is 0 Å². The summed E-state index contributed by atoms with van der Waals surface area (Å²) in [7, 11) is 0. The molecule has 0 aliphatic rings. The Kier molecular flexibility index (Phi) is 69.1. The van der Waals surface area contributed by atoms with Crippen LogP contribution < -0.4 is 0 Å². The second-order valence-corrected chi connectivity index (χ2v) is 24.8. The van der Waals surface area contributed by atoms with E-state index in [1.165, 1.54) is 257 Å². The molecular formula is C77H140O6. The summed E-state index contributed by atoms with van der Waals surface area (Å²) < 4.78 is 16.9. The Hall–Kier alpha value is -2.89. The first-order valence-electron chi connectivity index (χ1n) is 36.8. The maximum absolute atomic E-state index is 12.9. The smallest absolute Gasteiger partial charge is 0.306 e. The average molecular weight is 1160 g/mol. The van der Waals surface area contributed by atoms with Gasteiger partial charge in [-0.15, -0.1) is 0 Å². The number of allylic oxidation sites excluding steroid dienone is 10. The minimum atomic E-state index is -0.790. The Bertz CT molecular complexity index is 1470. The van der Waals surface area contributed by atoms with Crippen LogP contribution in [0.25, 0.3) is 0 Å². The lowest BCUT2D eigenvalue weighted by Gasteiger charge is -2.18. The lowest BCUT2D eigenvalue weighted by molar-refractivity contribution is -0.167. The first-order chi connectivity index (χ1) is 41.0. The number of rotatable bonds is 68. The van der Waals surface area contributed by atoms with E-state index in [-0.39, 0.29) is 31.1 Å². The molecule has 6 nitrogen and oxygen atoms in total. The van der Waals surface area contributed by atoms with E-state index in [4.69, 9.17) is 14.2 Å². The largest absolute Gasteiger partial charge is 0.462 e. The molecule has 6 heteroatoms. The van der Waals surface area contributed by atoms with Crippen LogP contribution in [-0.4, -0.2) is 37.2 Å². The lowest BCUT2D eigenvalue weighted by atomic mass is 10.0. The number of hydrogen-bond donors (Lipinski definition) is 0. The molecule has 0 heterocycles. The van der Waals surface area contributed by atoms with Crippen molar-refractivity contribution in [3.63, 3.8) is 0 Å². The van der Waals surface area contributed by atoms with Crippen molar-refractivity contribution >= 4 is 17.9 Å². The number of carbonyl (C=O) groups excluding carboxylic acids is 3. The predicted octanol–water partition coefficient (Wildman–Crippen LogP) is 25.5. The van der Waals surface area contributed by atoms with Gasteiger partial charge in [-0.3, -0.25) is 14.4 Å². The summed E-state index contributed by atoms with van der Waals surface area (Å²) in [6.07, 6.45) is 92.9. The molecule has 0 N–H and O–H groups in total. The van der Waals surface area contributed by atoms with Gasteiger partial charge in [0.2, 0.25) is 0 Å². The second kappa shape index (κ2) is 71.6. The van der Waals surface area contributed by atoms with Gasteiger partial charge in [0.15, 0.2) is 6.10 Å². The Morgan fingerprint density at radius 2 is 0.470 bits per heavy atom. The highest BCUT2D eigenvalue weighted by Crippen LogP contribution is 2.19. The SMILES string of the molecule is CC/C=C\C/C=C\C/C=C\C/C=C\C/C=C\CCCCCC(=O)OC(COC(=O)CCCCCCCCCCCCC)COC(=O)CCCCCCCCCCCCCCCCCCCCCCCCCCCCCCCCCCCCC. The van der Waals surface area contributed by atoms with Crippen molar-refractivity contribution in [3.8, 4) is 0 Å². The quantitative estimate of drug-likeness (QED) is 0.0261. The third-order valence-corrected chi connectivity index (χ3v) is 16.5. The van der Waals surface area contributed by atoms with Crippen molar-refractivity contribution < 1.29 is 28.6 Å². The lowest BCUT2D eigenvalue weighted by Crippen LogP contribution is -2.30. The number of ether oxygens (including phenoxy) is 3. The van der Waals surface area contributed by atoms with Gasteiger partial charge in [0.05, 0.1) is 0 Å². The molecule has 0 saturated carbocycles. The first-order valence-corrected chi connectivity index (χ1v) is 36.8. The van der Waals surface area contributed by atoms with Gasteiger partial charge in [0.1, 0.15) is 13.2 Å². The number of esters is 3. The number of unbranched alkanes of at least 4 members (excludes halogenated alkanes) is 47. The summed E-state index contributed by atoms with van der Waals surface area (Å²) in [5, 5.41) is 0. The van der Waals surface area contributed by atoms with Gasteiger partial charge in [-0.25, -0.2) is 0 Å². The molecule has 0 aliphatic carbocycles. The zero-order valence-corrected chi connectivity index (χ0v) is 55.7. The summed E-state index contributed by atoms with van der Waals surface area (Å²) >= 11 is 0. The first kappa shape index (κ1) is 80.1. The van der Waals surface area contributed by atoms with E-state index in [9.17, 15) is 14.4 Å². The fourth-order valence-electron chi connectivity index (χ4n) is 11.1. The van der Waals surface area contributed by atoms with Crippen LogP contribution in [0, 0.1) is 0 Å². The van der Waals surface area contributed by atoms with E-state index in [2.05, 4.69) is 81.5 Å². The minimum absolute atomic E-state index is 0.0833. The fourth-order valence-corrected chi connectivity index (χ4v) is 11.1. The normalized spacial score (nSPS) is 12.4. The summed E-state index contributed by atoms with van der Waals surface area (Å²) in [5.41, 5.74) is 0. The Morgan fingerprint density at radius 1 is 0.253 bits per heavy atom. The van der Waals surface area contributed by atoms with Crippen LogP contribution in [0.15, 0.2) is 60.8 Å². The second-order valence-electron chi connectivity index (χ2n) is 24.8. The third-order valence-electron chi connectivity index (χ3n) is 16.5. The van der Waals surface area contributed by atoms with Crippen LogP contribution in [0.2, 0.25) is 0 Å². The Labute approximate surface area is 517 Å². The molecule has 0 radical (unpaired) electrons. The molecule has 0 aromatic rings. The molecule has 0 bridgehead atoms. The maximum Gasteiger partial charge on any atom is 0.306 e. The molecule has 0 rings (SSSR count). The highest BCUT2D eigenvalue weighted by Gasteiger charge is 2.19. The van der Waals surface area contributed by atoms with Crippen molar-refractivity contribution in [2.24, 2.45) is 0 Å². The molecule has 1 unspecified atom stereocenters. The molecule has 0 spiro atoms. The van der Waals surface area contributed by atoms with Crippen LogP contribution >= 0.6 is 0 Å². The van der Waals surface area contributed by atoms with Gasteiger partial charge in [-0.2, -0.15) is 0 Å². The zero-order chi connectivity index (χ0) is 59.9. The van der Waals surface area contributed by atoms with Gasteiger partial charge in [0.25, 0.3) is 0 Å². The van der Waals surface area contributed by atoms with Crippen LogP contribution in [-0.2, 0) is 28.6 Å². The molecule has 83 heavy (non-hydrogen) atoms. The van der Waals surface area contributed by atoms with Gasteiger partial charge in [-0.05, 0) is 64.2 Å². The molecule has 0 aliphatic heterocycles. The van der Waals surface area contributed by atoms with E-state index in [0.717, 1.165) is 96.3 Å². The Balaban J connectivity index is 4.08. The highest BCUT2D eigenvalue weighted by molar-refractivity contribution is 5.71. The van der Waals surface area contributed by atoms with Crippen molar-refractivity contribution in [2.45, 2.75) is 399 Å². The molecule has 0 amide bonds. The summed E-state index contributed by atoms with van der Waals surface area (Å²) in [4.78, 5) is 38.3. The molecular weight excluding hydrogens is 1020 g/mol. The number of carbonyl (C=O) groups is 3. The van der Waals surface area contributed by atoms with E-state index in [0.29, 0.717) is 19.3 Å². The highest BCUT2D eigenvalue weighted by atomic mass is 16.6. The van der Waals surface area contributed by atoms with Crippen LogP contribution in [0.1, 0.15) is 393 Å². The average Bonchev–Trinajstić information content (AvgIpc) is 3.48. The molecule has 0 aromatic heterocycles. The van der Waals surface area contributed by atoms with Crippen molar-refractivity contribution in [1.82, 2.24) is 0 Å². The van der Waals surface area contributed by atoms with Gasteiger partial charge in [0, 0.05) is 19.3 Å². The molecule has 0 aromatic carbocycles. The van der Waals surface area contributed by atoms with Crippen molar-refractivity contribution in [2.75, 3.05) is 13.2 Å². The predicted molar refractivity (Wildman–Crippen MR) is 362 cm³/mol. The monoisotopic (exact) mass is 1160 g/mol. The van der Waals surface area contributed by atoms with Gasteiger partial charge in [-0.1, -0.05) is 370 Å². The van der Waals surface area contributed by atoms with Gasteiger partial charge >= 0.3 is 17.9 Å². The summed E-state index contributed by atoms with van der Waals surface area (Å²) in [5.74, 6) is -0.895. The van der Waals surface area contributed by atoms with E-state index >= 15 is 0 Å². The van der Waals surface area contributed by atoms with Crippen LogP contribution in [0.4, 0.5) is 0 Å². The van der Waals surface area contributed by atoms with E-state index < -0.39 is 6.10 Å². The topological polar surface area (TPSA) is 78.9 Å². The van der Waals surface area contributed by atoms with Crippen molar-refractivity contribution in [3.05, 3.63) is 60.8 Å². The molecule has 0 saturated heterocycles. The number of hydrogen-bond acceptors (Lipinski definition) is 6. The molecule has 1 atom stereocenters. The van der Waals surface area contributed by atoms with Crippen LogP contribution in [0.5, 0.6) is 0 Å². The van der Waals surface area contributed by atoms with E-state index in [1.54, 1.807) is 0 Å². The Morgan fingerprint density at radius 3 is 0.735 bits per heavy atom. The fraction of sp³-hybridized carbons (Fsp3) is 0.831.